The van der Waals surface area contributed by atoms with Gasteiger partial charge in [0, 0.05) is 12.1 Å². The second-order valence-corrected chi connectivity index (χ2v) is 9.80. The molecule has 2 saturated heterocycles. The van der Waals surface area contributed by atoms with Gasteiger partial charge in [0.2, 0.25) is 12.0 Å². The van der Waals surface area contributed by atoms with Gasteiger partial charge in [-0.25, -0.2) is 4.79 Å². The van der Waals surface area contributed by atoms with Gasteiger partial charge >= 0.3 is 5.97 Å². The van der Waals surface area contributed by atoms with Gasteiger partial charge in [-0.1, -0.05) is 0 Å². The van der Waals surface area contributed by atoms with Gasteiger partial charge in [0.05, 0.1) is 40.1 Å². The highest BCUT2D eigenvalue weighted by Gasteiger charge is 2.54. The minimum atomic E-state index is -2.16. The number of hydrogen-bond donors (Lipinski definition) is 7. The zero-order valence-corrected chi connectivity index (χ0v) is 23.4. The van der Waals surface area contributed by atoms with Crippen LogP contribution in [0.15, 0.2) is 30.3 Å². The van der Waals surface area contributed by atoms with Crippen molar-refractivity contribution in [2.24, 2.45) is 0 Å². The molecule has 0 unspecified atom stereocenters. The zero-order chi connectivity index (χ0) is 31.5. The summed E-state index contributed by atoms with van der Waals surface area (Å²) in [7, 11) is 3.88. The number of esters is 1. The number of phenols is 2. The molecule has 2 aliphatic heterocycles. The molecule has 0 radical (unpaired) electrons. The third-order valence-corrected chi connectivity index (χ3v) is 6.97. The Morgan fingerprint density at radius 3 is 2.21 bits per heavy atom. The molecule has 16 nitrogen and oxygen atoms in total. The van der Waals surface area contributed by atoms with Crippen molar-refractivity contribution in [2.45, 2.75) is 48.7 Å². The Hall–Kier alpha value is -3.61. The van der Waals surface area contributed by atoms with Crippen LogP contribution < -0.4 is 18.9 Å². The van der Waals surface area contributed by atoms with E-state index in [1.165, 1.54) is 51.7 Å². The van der Waals surface area contributed by atoms with E-state index in [1.807, 2.05) is 0 Å². The largest absolute Gasteiger partial charge is 0.508 e. The topological polar surface area (TPSA) is 233 Å². The van der Waals surface area contributed by atoms with Crippen LogP contribution in [0, 0.1) is 0 Å². The second-order valence-electron chi connectivity index (χ2n) is 9.80. The Labute approximate surface area is 245 Å². The van der Waals surface area contributed by atoms with Crippen LogP contribution >= 0.6 is 0 Å². The van der Waals surface area contributed by atoms with Gasteiger partial charge in [0.1, 0.15) is 36.8 Å². The minimum absolute atomic E-state index is 0.0000455. The second kappa shape index (κ2) is 13.4. The molecule has 2 aromatic rings. The number of aromatic hydroxyl groups is 2. The zero-order valence-electron chi connectivity index (χ0n) is 23.4. The molecule has 2 aliphatic rings. The summed E-state index contributed by atoms with van der Waals surface area (Å²) in [4.78, 5) is 12.5. The van der Waals surface area contributed by atoms with Crippen LogP contribution in [0.4, 0.5) is 0 Å². The maximum atomic E-state index is 12.5. The maximum Gasteiger partial charge on any atom is 0.338 e. The van der Waals surface area contributed by atoms with Gasteiger partial charge in [0.25, 0.3) is 0 Å². The molecule has 238 valence electrons. The first-order chi connectivity index (χ1) is 20.5. The van der Waals surface area contributed by atoms with E-state index >= 15 is 0 Å². The van der Waals surface area contributed by atoms with Gasteiger partial charge in [-0.15, -0.1) is 0 Å². The van der Waals surface area contributed by atoms with Crippen LogP contribution in [-0.4, -0.2) is 132 Å². The number of hydrogen-bond acceptors (Lipinski definition) is 16. The van der Waals surface area contributed by atoms with E-state index in [1.54, 1.807) is 0 Å². The molecule has 2 heterocycles. The Balaban J connectivity index is 1.50. The normalized spacial score (nSPS) is 30.5. The van der Waals surface area contributed by atoms with Crippen LogP contribution in [0.1, 0.15) is 10.4 Å². The molecular formula is C27H34O16. The minimum Gasteiger partial charge on any atom is -0.508 e. The van der Waals surface area contributed by atoms with Crippen molar-refractivity contribution < 1.29 is 78.4 Å². The van der Waals surface area contributed by atoms with Crippen molar-refractivity contribution in [2.75, 3.05) is 41.2 Å². The van der Waals surface area contributed by atoms with Crippen LogP contribution in [0.3, 0.4) is 0 Å². The van der Waals surface area contributed by atoms with Crippen molar-refractivity contribution in [1.29, 1.82) is 0 Å². The van der Waals surface area contributed by atoms with Crippen molar-refractivity contribution in [3.8, 4) is 34.5 Å². The van der Waals surface area contributed by atoms with Crippen LogP contribution in [-0.2, 0) is 18.9 Å². The molecule has 0 amide bonds. The van der Waals surface area contributed by atoms with E-state index in [-0.39, 0.29) is 40.1 Å². The molecule has 0 aromatic heterocycles. The Morgan fingerprint density at radius 2 is 1.60 bits per heavy atom. The fourth-order valence-electron chi connectivity index (χ4n) is 4.52. The van der Waals surface area contributed by atoms with Crippen LogP contribution in [0.25, 0.3) is 0 Å². The first-order valence-corrected chi connectivity index (χ1v) is 12.9. The average molecular weight is 615 g/mol. The highest BCUT2D eigenvalue weighted by molar-refractivity contribution is 5.90. The van der Waals surface area contributed by atoms with Gasteiger partial charge in [-0.3, -0.25) is 0 Å². The smallest absolute Gasteiger partial charge is 0.338 e. The van der Waals surface area contributed by atoms with Crippen molar-refractivity contribution in [3.05, 3.63) is 35.9 Å². The summed E-state index contributed by atoms with van der Waals surface area (Å²) in [6.07, 6.45) is -11.4. The summed E-state index contributed by atoms with van der Waals surface area (Å²) in [5.74, 6) is -1.39. The maximum absolute atomic E-state index is 12.5. The quantitative estimate of drug-likeness (QED) is 0.145. The van der Waals surface area contributed by atoms with Crippen molar-refractivity contribution in [1.82, 2.24) is 0 Å². The predicted octanol–water partition coefficient (Wildman–Crippen LogP) is -1.37. The molecule has 0 aliphatic carbocycles. The highest BCUT2D eigenvalue weighted by Crippen LogP contribution is 2.43. The number of carbonyl (C=O) groups is 1. The van der Waals surface area contributed by atoms with Gasteiger partial charge in [-0.2, -0.15) is 0 Å². The third kappa shape index (κ3) is 6.66. The molecule has 0 saturated carbocycles. The summed E-state index contributed by atoms with van der Waals surface area (Å²) in [6.45, 7) is -2.02. The first kappa shape index (κ1) is 32.3. The Morgan fingerprint density at radius 1 is 0.953 bits per heavy atom. The fourth-order valence-corrected chi connectivity index (χ4v) is 4.52. The van der Waals surface area contributed by atoms with E-state index < -0.39 is 74.5 Å². The molecule has 0 bridgehead atoms. The number of rotatable bonds is 11. The molecule has 16 heteroatoms. The Kier molecular flexibility index (Phi) is 10.0. The molecule has 0 spiro atoms. The Bertz CT molecular complexity index is 1250. The van der Waals surface area contributed by atoms with Crippen molar-refractivity contribution in [3.63, 3.8) is 0 Å². The molecular weight excluding hydrogens is 580 g/mol. The number of aliphatic hydroxyl groups excluding tert-OH is 4. The molecule has 43 heavy (non-hydrogen) atoms. The molecule has 2 aromatic carbocycles. The van der Waals surface area contributed by atoms with Gasteiger partial charge in [-0.05, 0) is 18.2 Å². The monoisotopic (exact) mass is 614 g/mol. The number of benzene rings is 2. The number of aliphatic hydroxyl groups is 5. The fraction of sp³-hybridized carbons (Fsp3) is 0.519. The van der Waals surface area contributed by atoms with Crippen LogP contribution in [0.5, 0.6) is 34.5 Å². The lowest BCUT2D eigenvalue weighted by Crippen LogP contribution is -2.62. The van der Waals surface area contributed by atoms with E-state index in [9.17, 15) is 40.5 Å². The molecule has 2 fully saturated rings. The number of ether oxygens (including phenoxy) is 8. The van der Waals surface area contributed by atoms with E-state index in [0.717, 1.165) is 0 Å². The van der Waals surface area contributed by atoms with E-state index in [2.05, 4.69) is 0 Å². The third-order valence-electron chi connectivity index (χ3n) is 6.97. The lowest BCUT2D eigenvalue weighted by Gasteiger charge is -2.42. The SMILES string of the molecule is COc1cc(C(=O)OC[C@@]2(O)CO[C@H](O[C@@H]3[C@H](Oc4c(OC)cc(O)cc4OC)O[C@@H](CO)[C@H](O)[C@@H]3O)[C@@H]2O)ccc1O. The molecule has 7 N–H and O–H groups in total. The lowest BCUT2D eigenvalue weighted by atomic mass is 9.98. The lowest BCUT2D eigenvalue weighted by molar-refractivity contribution is -0.319. The van der Waals surface area contributed by atoms with Crippen LogP contribution in [0.2, 0.25) is 0 Å². The summed E-state index contributed by atoms with van der Waals surface area (Å²) in [5.41, 5.74) is -2.16. The van der Waals surface area contributed by atoms with E-state index in [0.29, 0.717) is 0 Å². The summed E-state index contributed by atoms with van der Waals surface area (Å²) < 4.78 is 43.3. The van der Waals surface area contributed by atoms with Gasteiger partial charge in [0.15, 0.2) is 41.0 Å². The van der Waals surface area contributed by atoms with E-state index in [4.69, 9.17) is 37.9 Å². The number of phenolic OH excluding ortho intramolecular Hbond substituents is 2. The summed E-state index contributed by atoms with van der Waals surface area (Å²) in [5, 5.41) is 72.6. The average Bonchev–Trinajstić information content (AvgIpc) is 3.28. The highest BCUT2D eigenvalue weighted by atomic mass is 16.8. The molecule has 8 atom stereocenters. The number of methoxy groups -OCH3 is 3. The predicted molar refractivity (Wildman–Crippen MR) is 140 cm³/mol. The standard InChI is InChI=1S/C27H34O16/c1-36-15-6-12(4-5-14(15)30)24(34)39-10-27(35)11-40-26(23(27)33)43-22-20(32)19(31)18(9-28)41-25(22)42-21-16(37-2)7-13(29)8-17(21)38-3/h4-8,18-20,22-23,25-26,28-33,35H,9-11H2,1-3H3/t18-,19-,20-,22-,23-,25-,26+,27+/m0/s1. The van der Waals surface area contributed by atoms with Crippen molar-refractivity contribution >= 4 is 5.97 Å². The summed E-state index contributed by atoms with van der Waals surface area (Å²) in [6, 6.07) is 6.14. The van der Waals surface area contributed by atoms with Gasteiger partial charge < -0.3 is 73.6 Å². The number of carbonyl (C=O) groups excluding carboxylic acids is 1. The summed E-state index contributed by atoms with van der Waals surface area (Å²) >= 11 is 0. The molecule has 4 rings (SSSR count). The first-order valence-electron chi connectivity index (χ1n) is 12.9.